The molecule has 0 saturated carbocycles. The number of carbonyl (C=O) groups is 4. The van der Waals surface area contributed by atoms with Crippen LogP contribution in [0.3, 0.4) is 0 Å². The fraction of sp³-hybridized carbons (Fsp3) is 0.778. The molecule has 0 aliphatic carbocycles. The molecule has 0 aromatic carbocycles. The number of carbonyl (C=O) groups excluding carboxylic acids is 3. The van der Waals surface area contributed by atoms with Gasteiger partial charge in [-0.15, -0.1) is 0 Å². The number of ether oxygens (including phenoxy) is 2. The molecular weight excluding hydrogens is 370 g/mol. The third-order valence-corrected chi connectivity index (χ3v) is 3.69. The number of aliphatic carboxylic acids is 1. The molecule has 1 fully saturated rings. The van der Waals surface area contributed by atoms with Gasteiger partial charge in [-0.25, -0.2) is 14.4 Å². The molecule has 1 saturated heterocycles. The van der Waals surface area contributed by atoms with Crippen molar-refractivity contribution in [3.63, 3.8) is 0 Å². The molecule has 10 nitrogen and oxygen atoms in total. The average Bonchev–Trinajstić information content (AvgIpc) is 2.87. The van der Waals surface area contributed by atoms with Crippen molar-refractivity contribution in [2.24, 2.45) is 0 Å². The minimum Gasteiger partial charge on any atom is -0.480 e. The van der Waals surface area contributed by atoms with Gasteiger partial charge in [-0.2, -0.15) is 0 Å². The summed E-state index contributed by atoms with van der Waals surface area (Å²) in [6.07, 6.45) is -1.45. The van der Waals surface area contributed by atoms with E-state index in [2.05, 4.69) is 10.6 Å². The van der Waals surface area contributed by atoms with Crippen molar-refractivity contribution in [3.8, 4) is 0 Å². The highest BCUT2D eigenvalue weighted by atomic mass is 16.6. The molecule has 10 heteroatoms. The predicted octanol–water partition coefficient (Wildman–Crippen LogP) is 1.48. The molecule has 3 atom stereocenters. The Kier molecular flexibility index (Phi) is 7.27. The van der Waals surface area contributed by atoms with Gasteiger partial charge in [0.1, 0.15) is 23.3 Å². The summed E-state index contributed by atoms with van der Waals surface area (Å²) in [5, 5.41) is 14.5. The van der Waals surface area contributed by atoms with E-state index in [1.807, 2.05) is 0 Å². The van der Waals surface area contributed by atoms with Crippen LogP contribution in [-0.2, 0) is 19.1 Å². The van der Waals surface area contributed by atoms with Crippen LogP contribution in [0.1, 0.15) is 54.9 Å². The second-order valence-electron chi connectivity index (χ2n) is 8.80. The summed E-state index contributed by atoms with van der Waals surface area (Å²) in [5.41, 5.74) is -1.47. The van der Waals surface area contributed by atoms with Gasteiger partial charge in [0, 0.05) is 19.0 Å². The van der Waals surface area contributed by atoms with Gasteiger partial charge in [0.2, 0.25) is 5.91 Å². The molecule has 0 bridgehead atoms. The molecule has 0 spiro atoms. The largest absolute Gasteiger partial charge is 0.480 e. The van der Waals surface area contributed by atoms with Crippen molar-refractivity contribution in [1.29, 1.82) is 0 Å². The molecule has 1 aliphatic heterocycles. The molecule has 160 valence electrons. The van der Waals surface area contributed by atoms with Crippen molar-refractivity contribution in [1.82, 2.24) is 15.5 Å². The summed E-state index contributed by atoms with van der Waals surface area (Å²) in [7, 11) is 0. The van der Waals surface area contributed by atoms with Crippen LogP contribution in [0.25, 0.3) is 0 Å². The van der Waals surface area contributed by atoms with E-state index >= 15 is 0 Å². The van der Waals surface area contributed by atoms with Crippen molar-refractivity contribution in [3.05, 3.63) is 0 Å². The standard InChI is InChI=1S/C18H31N3O7/c1-10(19-15(25)27-17(2,3)4)13(22)20-11-8-12(14(23)24)21(9-11)16(26)28-18(5,6)7/h10-12H,8-9H2,1-7H3,(H,19,25)(H,20,22)(H,23,24)/t10-,11?,12-/m1/s1. The third-order valence-electron chi connectivity index (χ3n) is 3.69. The lowest BCUT2D eigenvalue weighted by molar-refractivity contribution is -0.142. The summed E-state index contributed by atoms with van der Waals surface area (Å²) < 4.78 is 10.3. The van der Waals surface area contributed by atoms with E-state index in [0.29, 0.717) is 0 Å². The smallest absolute Gasteiger partial charge is 0.411 e. The number of carboxylic acid groups (broad SMARTS) is 1. The Morgan fingerprint density at radius 2 is 1.57 bits per heavy atom. The monoisotopic (exact) mass is 401 g/mol. The van der Waals surface area contributed by atoms with Gasteiger partial charge >= 0.3 is 18.2 Å². The van der Waals surface area contributed by atoms with Crippen LogP contribution in [0.5, 0.6) is 0 Å². The van der Waals surface area contributed by atoms with E-state index < -0.39 is 53.4 Å². The van der Waals surface area contributed by atoms with Crippen molar-refractivity contribution in [2.45, 2.75) is 84.2 Å². The number of hydrogen-bond donors (Lipinski definition) is 3. The number of nitrogens with one attached hydrogen (secondary N) is 2. The van der Waals surface area contributed by atoms with Crippen LogP contribution in [0.2, 0.25) is 0 Å². The van der Waals surface area contributed by atoms with Crippen LogP contribution < -0.4 is 10.6 Å². The van der Waals surface area contributed by atoms with E-state index in [1.165, 1.54) is 6.92 Å². The SMILES string of the molecule is C[C@@H](NC(=O)OC(C)(C)C)C(=O)NC1C[C@H](C(=O)O)N(C(=O)OC(C)(C)C)C1. The van der Waals surface area contributed by atoms with Gasteiger partial charge in [-0.3, -0.25) is 9.69 Å². The van der Waals surface area contributed by atoms with E-state index in [4.69, 9.17) is 9.47 Å². The van der Waals surface area contributed by atoms with Gasteiger partial charge in [-0.05, 0) is 48.5 Å². The van der Waals surface area contributed by atoms with Crippen LogP contribution in [0, 0.1) is 0 Å². The summed E-state index contributed by atoms with van der Waals surface area (Å²) in [6.45, 7) is 11.6. The first-order valence-corrected chi connectivity index (χ1v) is 9.11. The third kappa shape index (κ3) is 7.61. The second kappa shape index (κ2) is 8.66. The molecule has 0 radical (unpaired) electrons. The lowest BCUT2D eigenvalue weighted by Crippen LogP contribution is -2.50. The Morgan fingerprint density at radius 1 is 1.04 bits per heavy atom. The molecule has 3 N–H and O–H groups in total. The van der Waals surface area contributed by atoms with Gasteiger partial charge in [0.15, 0.2) is 0 Å². The number of hydrogen-bond acceptors (Lipinski definition) is 6. The minimum absolute atomic E-state index is 0.00320. The lowest BCUT2D eigenvalue weighted by Gasteiger charge is -2.26. The van der Waals surface area contributed by atoms with Crippen molar-refractivity contribution < 1.29 is 33.8 Å². The van der Waals surface area contributed by atoms with E-state index in [0.717, 1.165) is 4.90 Å². The minimum atomic E-state index is -1.18. The van der Waals surface area contributed by atoms with E-state index in [-0.39, 0.29) is 13.0 Å². The zero-order valence-electron chi connectivity index (χ0n) is 17.5. The van der Waals surface area contributed by atoms with Crippen LogP contribution in [-0.4, -0.2) is 69.9 Å². The van der Waals surface area contributed by atoms with Gasteiger partial charge in [0.05, 0.1) is 0 Å². The topological polar surface area (TPSA) is 134 Å². The van der Waals surface area contributed by atoms with E-state index in [1.54, 1.807) is 41.5 Å². The Morgan fingerprint density at radius 3 is 2.04 bits per heavy atom. The van der Waals surface area contributed by atoms with E-state index in [9.17, 15) is 24.3 Å². The maximum atomic E-state index is 12.3. The fourth-order valence-corrected chi connectivity index (χ4v) is 2.57. The molecule has 1 rings (SSSR count). The molecule has 1 heterocycles. The van der Waals surface area contributed by atoms with Gasteiger partial charge in [0.25, 0.3) is 0 Å². The van der Waals surface area contributed by atoms with Gasteiger partial charge in [-0.1, -0.05) is 0 Å². The normalized spacial score (nSPS) is 20.9. The van der Waals surface area contributed by atoms with Crippen LogP contribution in [0.15, 0.2) is 0 Å². The van der Waals surface area contributed by atoms with Crippen molar-refractivity contribution in [2.75, 3.05) is 6.54 Å². The number of carboxylic acids is 1. The highest BCUT2D eigenvalue weighted by molar-refractivity contribution is 5.86. The van der Waals surface area contributed by atoms with Crippen LogP contribution in [0.4, 0.5) is 9.59 Å². The molecular formula is C18H31N3O7. The lowest BCUT2D eigenvalue weighted by atomic mass is 10.1. The van der Waals surface area contributed by atoms with Crippen molar-refractivity contribution >= 4 is 24.1 Å². The number of alkyl carbamates (subject to hydrolysis) is 1. The molecule has 0 aromatic rings. The Balaban J connectivity index is 2.68. The fourth-order valence-electron chi connectivity index (χ4n) is 2.57. The summed E-state index contributed by atoms with van der Waals surface area (Å²) in [4.78, 5) is 48.9. The Hall–Kier alpha value is -2.52. The molecule has 0 aromatic heterocycles. The summed E-state index contributed by atoms with van der Waals surface area (Å²) in [6, 6.07) is -2.58. The second-order valence-corrected chi connectivity index (χ2v) is 8.80. The number of nitrogens with zero attached hydrogens (tertiary/aromatic N) is 1. The maximum absolute atomic E-state index is 12.3. The number of amides is 3. The maximum Gasteiger partial charge on any atom is 0.411 e. The van der Waals surface area contributed by atoms with Crippen LogP contribution >= 0.6 is 0 Å². The quantitative estimate of drug-likeness (QED) is 0.649. The zero-order chi connectivity index (χ0) is 21.9. The highest BCUT2D eigenvalue weighted by Crippen LogP contribution is 2.22. The molecule has 28 heavy (non-hydrogen) atoms. The first kappa shape index (κ1) is 23.5. The Bertz CT molecular complexity index is 622. The Labute approximate surface area is 164 Å². The predicted molar refractivity (Wildman–Crippen MR) is 99.7 cm³/mol. The summed E-state index contributed by atoms with van der Waals surface area (Å²) in [5.74, 6) is -1.69. The van der Waals surface area contributed by atoms with Gasteiger partial charge < -0.3 is 25.2 Å². The first-order chi connectivity index (χ1) is 12.6. The zero-order valence-corrected chi connectivity index (χ0v) is 17.5. The number of likely N-dealkylation sites (tertiary alicyclic amines) is 1. The molecule has 1 aliphatic rings. The first-order valence-electron chi connectivity index (χ1n) is 9.11. The molecule has 3 amide bonds. The molecule has 1 unspecified atom stereocenters. The highest BCUT2D eigenvalue weighted by Gasteiger charge is 2.42. The average molecular weight is 401 g/mol. The summed E-state index contributed by atoms with van der Waals surface area (Å²) >= 11 is 0. The number of rotatable bonds is 4.